The zero-order valence-electron chi connectivity index (χ0n) is 11.4. The second kappa shape index (κ2) is 6.38. The van der Waals surface area contributed by atoms with Gasteiger partial charge in [0.1, 0.15) is 17.4 Å². The van der Waals surface area contributed by atoms with E-state index in [-0.39, 0.29) is 6.61 Å². The van der Waals surface area contributed by atoms with Crippen molar-refractivity contribution in [1.82, 2.24) is 4.98 Å². The van der Waals surface area contributed by atoms with Gasteiger partial charge in [-0.3, -0.25) is 0 Å². The third kappa shape index (κ3) is 3.48. The number of aryl methyl sites for hydroxylation is 1. The topological polar surface area (TPSA) is 74.4 Å². The van der Waals surface area contributed by atoms with E-state index in [2.05, 4.69) is 4.98 Å². The molecule has 6 heteroatoms. The smallest absolute Gasteiger partial charge is 0.338 e. The van der Waals surface area contributed by atoms with Gasteiger partial charge in [-0.25, -0.2) is 9.78 Å². The lowest BCUT2D eigenvalue weighted by atomic mass is 10.2. The minimum absolute atomic E-state index is 0.171. The summed E-state index contributed by atoms with van der Waals surface area (Å²) in [6.45, 7) is 4.47. The number of hydrogen-bond donors (Lipinski definition) is 1. The predicted molar refractivity (Wildman–Crippen MR) is 78.0 cm³/mol. The Morgan fingerprint density at radius 3 is 2.85 bits per heavy atom. The molecule has 2 N–H and O–H groups in total. The van der Waals surface area contributed by atoms with Gasteiger partial charge >= 0.3 is 5.97 Å². The van der Waals surface area contributed by atoms with Crippen molar-refractivity contribution in [2.75, 3.05) is 12.3 Å². The number of aromatic nitrogens is 1. The summed E-state index contributed by atoms with van der Waals surface area (Å²) in [5, 5.41) is 2.69. The molecule has 2 rings (SSSR count). The van der Waals surface area contributed by atoms with Crippen molar-refractivity contribution in [3.63, 3.8) is 0 Å². The van der Waals surface area contributed by atoms with Crippen LogP contribution < -0.4 is 10.5 Å². The molecule has 0 fully saturated rings. The third-order valence-corrected chi connectivity index (χ3v) is 3.48. The Kier molecular flexibility index (Phi) is 4.57. The molecular weight excluding hydrogens is 276 g/mol. The van der Waals surface area contributed by atoms with Crippen molar-refractivity contribution in [1.29, 1.82) is 0 Å². The highest BCUT2D eigenvalue weighted by Crippen LogP contribution is 2.23. The summed E-state index contributed by atoms with van der Waals surface area (Å²) in [7, 11) is 0. The van der Waals surface area contributed by atoms with E-state index < -0.39 is 5.97 Å². The lowest BCUT2D eigenvalue weighted by molar-refractivity contribution is 0.0472. The molecule has 0 saturated carbocycles. The maximum absolute atomic E-state index is 11.9. The fourth-order valence-corrected chi connectivity index (χ4v) is 2.32. The summed E-state index contributed by atoms with van der Waals surface area (Å²) in [6.07, 6.45) is 0. The van der Waals surface area contributed by atoms with Crippen molar-refractivity contribution >= 4 is 23.0 Å². The van der Waals surface area contributed by atoms with Crippen LogP contribution in [0.15, 0.2) is 23.6 Å². The highest BCUT2D eigenvalue weighted by atomic mass is 32.1. The number of carbonyl (C=O) groups excluding carboxylic acids is 1. The van der Waals surface area contributed by atoms with Crippen LogP contribution >= 0.6 is 11.3 Å². The Morgan fingerprint density at radius 1 is 1.45 bits per heavy atom. The van der Waals surface area contributed by atoms with Crippen LogP contribution in [-0.2, 0) is 11.3 Å². The van der Waals surface area contributed by atoms with Crippen LogP contribution in [0.4, 0.5) is 5.69 Å². The number of hydrogen-bond acceptors (Lipinski definition) is 6. The number of carbonyl (C=O) groups is 1. The maximum atomic E-state index is 11.9. The van der Waals surface area contributed by atoms with Gasteiger partial charge in [0.2, 0.25) is 0 Å². The number of thiazole rings is 1. The fraction of sp³-hybridized carbons (Fsp3) is 0.286. The highest BCUT2D eigenvalue weighted by Gasteiger charge is 2.11. The average Bonchev–Trinajstić information content (AvgIpc) is 2.84. The molecule has 0 aliphatic heterocycles. The van der Waals surface area contributed by atoms with E-state index >= 15 is 0 Å². The van der Waals surface area contributed by atoms with Crippen LogP contribution in [0.5, 0.6) is 5.75 Å². The minimum Gasteiger partial charge on any atom is -0.492 e. The third-order valence-electron chi connectivity index (χ3n) is 2.54. The summed E-state index contributed by atoms with van der Waals surface area (Å²) in [4.78, 5) is 16.1. The normalized spacial score (nSPS) is 10.3. The highest BCUT2D eigenvalue weighted by molar-refractivity contribution is 7.09. The standard InChI is InChI=1S/C14H16N2O3S/c1-3-18-12-5-4-10(6-11(12)15)14(17)19-7-13-16-9(2)8-20-13/h4-6,8H,3,7,15H2,1-2H3. The number of anilines is 1. The van der Waals surface area contributed by atoms with Gasteiger partial charge in [-0.15, -0.1) is 11.3 Å². The Hall–Kier alpha value is -2.08. The SMILES string of the molecule is CCOc1ccc(C(=O)OCc2nc(C)cs2)cc1N. The molecule has 0 atom stereocenters. The maximum Gasteiger partial charge on any atom is 0.338 e. The number of esters is 1. The molecule has 0 unspecified atom stereocenters. The van der Waals surface area contributed by atoms with Gasteiger partial charge in [0.05, 0.1) is 17.9 Å². The number of nitrogens with two attached hydrogens (primary N) is 1. The van der Waals surface area contributed by atoms with Crippen LogP contribution in [0, 0.1) is 6.92 Å². The van der Waals surface area contributed by atoms with Gasteiger partial charge in [-0.2, -0.15) is 0 Å². The molecule has 1 aromatic carbocycles. The van der Waals surface area contributed by atoms with Crippen molar-refractivity contribution in [2.24, 2.45) is 0 Å². The first-order valence-electron chi connectivity index (χ1n) is 6.20. The van der Waals surface area contributed by atoms with Gasteiger partial charge < -0.3 is 15.2 Å². The first kappa shape index (κ1) is 14.3. The zero-order valence-corrected chi connectivity index (χ0v) is 12.2. The monoisotopic (exact) mass is 292 g/mol. The first-order chi connectivity index (χ1) is 9.60. The molecule has 1 heterocycles. The van der Waals surface area contributed by atoms with Gasteiger partial charge in [-0.1, -0.05) is 0 Å². The molecule has 0 spiro atoms. The quantitative estimate of drug-likeness (QED) is 0.677. The summed E-state index contributed by atoms with van der Waals surface area (Å²) < 4.78 is 10.5. The Bertz CT molecular complexity index is 610. The van der Waals surface area contributed by atoms with Crippen molar-refractivity contribution < 1.29 is 14.3 Å². The van der Waals surface area contributed by atoms with Crippen LogP contribution in [-0.4, -0.2) is 17.6 Å². The molecule has 0 radical (unpaired) electrons. The van der Waals surface area contributed by atoms with Gasteiger partial charge in [0, 0.05) is 11.1 Å². The predicted octanol–water partition coefficient (Wildman–Crippen LogP) is 2.79. The largest absolute Gasteiger partial charge is 0.492 e. The van der Waals surface area contributed by atoms with Crippen LogP contribution in [0.1, 0.15) is 28.0 Å². The van der Waals surface area contributed by atoms with E-state index in [0.29, 0.717) is 23.6 Å². The lowest BCUT2D eigenvalue weighted by Crippen LogP contribution is -2.06. The molecular formula is C14H16N2O3S. The summed E-state index contributed by atoms with van der Waals surface area (Å²) >= 11 is 1.47. The lowest BCUT2D eigenvalue weighted by Gasteiger charge is -2.08. The van der Waals surface area contributed by atoms with E-state index in [1.165, 1.54) is 11.3 Å². The zero-order chi connectivity index (χ0) is 14.5. The molecule has 0 saturated heterocycles. The van der Waals surface area contributed by atoms with Gasteiger partial charge in [-0.05, 0) is 32.0 Å². The first-order valence-corrected chi connectivity index (χ1v) is 7.08. The molecule has 0 aliphatic carbocycles. The molecule has 0 amide bonds. The second-order valence-electron chi connectivity index (χ2n) is 4.14. The van der Waals surface area contributed by atoms with Gasteiger partial charge in [0.15, 0.2) is 0 Å². The van der Waals surface area contributed by atoms with Crippen molar-refractivity contribution in [3.05, 3.63) is 39.8 Å². The van der Waals surface area contributed by atoms with E-state index in [1.54, 1.807) is 18.2 Å². The Morgan fingerprint density at radius 2 is 2.25 bits per heavy atom. The van der Waals surface area contributed by atoms with E-state index in [4.69, 9.17) is 15.2 Å². The number of ether oxygens (including phenoxy) is 2. The summed E-state index contributed by atoms with van der Waals surface area (Å²) in [5.41, 5.74) is 7.56. The fourth-order valence-electron chi connectivity index (χ4n) is 1.64. The van der Waals surface area contributed by atoms with Crippen molar-refractivity contribution in [2.45, 2.75) is 20.5 Å². The molecule has 1 aromatic heterocycles. The second-order valence-corrected chi connectivity index (χ2v) is 5.09. The van der Waals surface area contributed by atoms with E-state index in [1.807, 2.05) is 19.2 Å². The molecule has 106 valence electrons. The Balaban J connectivity index is 2.00. The van der Waals surface area contributed by atoms with Crippen LogP contribution in [0.3, 0.4) is 0 Å². The molecule has 5 nitrogen and oxygen atoms in total. The number of benzene rings is 1. The van der Waals surface area contributed by atoms with Crippen LogP contribution in [0.2, 0.25) is 0 Å². The van der Waals surface area contributed by atoms with Gasteiger partial charge in [0.25, 0.3) is 0 Å². The minimum atomic E-state index is -0.424. The average molecular weight is 292 g/mol. The van der Waals surface area contributed by atoms with E-state index in [0.717, 1.165) is 10.7 Å². The number of nitrogens with zero attached hydrogens (tertiary/aromatic N) is 1. The summed E-state index contributed by atoms with van der Waals surface area (Å²) in [6, 6.07) is 4.86. The number of rotatable bonds is 5. The molecule has 0 aliphatic rings. The number of nitrogen functional groups attached to an aromatic ring is 1. The molecule has 2 aromatic rings. The van der Waals surface area contributed by atoms with Crippen LogP contribution in [0.25, 0.3) is 0 Å². The Labute approximate surface area is 121 Å². The summed E-state index contributed by atoms with van der Waals surface area (Å²) in [5.74, 6) is 0.146. The molecule has 0 bridgehead atoms. The molecule has 20 heavy (non-hydrogen) atoms. The van der Waals surface area contributed by atoms with E-state index in [9.17, 15) is 4.79 Å². The van der Waals surface area contributed by atoms with Crippen molar-refractivity contribution in [3.8, 4) is 5.75 Å².